The molecule has 32 heavy (non-hydrogen) atoms. The van der Waals surface area contributed by atoms with Gasteiger partial charge in [0.15, 0.2) is 5.16 Å². The van der Waals surface area contributed by atoms with Gasteiger partial charge in [0, 0.05) is 6.61 Å². The first-order valence-corrected chi connectivity index (χ1v) is 11.8. The van der Waals surface area contributed by atoms with E-state index in [1.165, 1.54) is 23.9 Å². The van der Waals surface area contributed by atoms with E-state index < -0.39 is 0 Å². The number of nitrogens with zero attached hydrogens (tertiary/aromatic N) is 2. The lowest BCUT2D eigenvalue weighted by molar-refractivity contribution is -0.120. The molecule has 4 rings (SSSR count). The van der Waals surface area contributed by atoms with Crippen LogP contribution in [0.1, 0.15) is 38.3 Å². The number of carbonyl (C=O) groups is 1. The lowest BCUT2D eigenvalue weighted by Crippen LogP contribution is -2.33. The third-order valence-electron chi connectivity index (χ3n) is 5.68. The van der Waals surface area contributed by atoms with Gasteiger partial charge in [-0.25, -0.2) is 9.37 Å². The highest BCUT2D eigenvalue weighted by Gasteiger charge is 2.24. The molecule has 0 aliphatic carbocycles. The number of hydrogen-bond acceptors (Lipinski definition) is 4. The molecule has 1 aromatic heterocycles. The number of thioether (sulfide) groups is 1. The van der Waals surface area contributed by atoms with Gasteiger partial charge in [-0.2, -0.15) is 0 Å². The Balaban J connectivity index is 1.49. The number of benzene rings is 2. The topological polar surface area (TPSA) is 56.2 Å². The molecule has 1 saturated heterocycles. The maximum atomic E-state index is 13.2. The molecule has 0 unspecified atom stereocenters. The van der Waals surface area contributed by atoms with Gasteiger partial charge < -0.3 is 14.6 Å². The number of imidazole rings is 1. The van der Waals surface area contributed by atoms with E-state index >= 15 is 0 Å². The first kappa shape index (κ1) is 22.6. The van der Waals surface area contributed by atoms with E-state index in [1.807, 2.05) is 38.2 Å². The van der Waals surface area contributed by atoms with E-state index in [2.05, 4.69) is 27.0 Å². The average Bonchev–Trinajstić information content (AvgIpc) is 3.45. The fraction of sp³-hybridized carbons (Fsp3) is 0.360. The van der Waals surface area contributed by atoms with E-state index in [4.69, 9.17) is 4.74 Å². The molecule has 0 bridgehead atoms. The molecule has 3 atom stereocenters. The predicted octanol–water partition coefficient (Wildman–Crippen LogP) is 5.23. The first-order chi connectivity index (χ1) is 15.5. The quantitative estimate of drug-likeness (QED) is 0.475. The van der Waals surface area contributed by atoms with Crippen LogP contribution in [0.5, 0.6) is 0 Å². The molecule has 3 aromatic rings. The SMILES string of the molecule is C[C@H](Sc1ncc(-c2ccccc2)n1C[C@H]1CCCO1)C(=O)N[C@@H](C)c1ccc(F)cc1. The van der Waals surface area contributed by atoms with Gasteiger partial charge in [0.25, 0.3) is 0 Å². The number of ether oxygens (including phenoxy) is 1. The van der Waals surface area contributed by atoms with E-state index in [-0.39, 0.29) is 29.1 Å². The first-order valence-electron chi connectivity index (χ1n) is 11.0. The normalized spacial score (nSPS) is 17.8. The highest BCUT2D eigenvalue weighted by atomic mass is 32.2. The summed E-state index contributed by atoms with van der Waals surface area (Å²) in [6.45, 7) is 5.29. The second-order valence-electron chi connectivity index (χ2n) is 8.08. The summed E-state index contributed by atoms with van der Waals surface area (Å²) >= 11 is 1.44. The van der Waals surface area contributed by atoms with Gasteiger partial charge >= 0.3 is 0 Å². The van der Waals surface area contributed by atoms with Crippen molar-refractivity contribution < 1.29 is 13.9 Å². The number of hydrogen-bond donors (Lipinski definition) is 1. The van der Waals surface area contributed by atoms with Crippen molar-refractivity contribution in [3.05, 3.63) is 72.2 Å². The van der Waals surface area contributed by atoms with Gasteiger partial charge in [0.05, 0.1) is 35.8 Å². The molecular formula is C25H28FN3O2S. The zero-order valence-corrected chi connectivity index (χ0v) is 19.1. The number of rotatable bonds is 8. The van der Waals surface area contributed by atoms with Crippen molar-refractivity contribution in [3.8, 4) is 11.3 Å². The number of carbonyl (C=O) groups excluding carboxylic acids is 1. The molecule has 7 heteroatoms. The number of nitrogens with one attached hydrogen (secondary N) is 1. The maximum Gasteiger partial charge on any atom is 0.233 e. The highest BCUT2D eigenvalue weighted by molar-refractivity contribution is 8.00. The van der Waals surface area contributed by atoms with Crippen LogP contribution in [0.25, 0.3) is 11.3 Å². The second kappa shape index (κ2) is 10.3. The molecule has 168 valence electrons. The molecule has 1 N–H and O–H groups in total. The fourth-order valence-corrected chi connectivity index (χ4v) is 4.74. The lowest BCUT2D eigenvalue weighted by Gasteiger charge is -2.19. The van der Waals surface area contributed by atoms with Crippen LogP contribution in [0, 0.1) is 5.82 Å². The zero-order valence-electron chi connectivity index (χ0n) is 18.3. The Morgan fingerprint density at radius 1 is 1.22 bits per heavy atom. The largest absolute Gasteiger partial charge is 0.376 e. The summed E-state index contributed by atoms with van der Waals surface area (Å²) in [6, 6.07) is 16.1. The van der Waals surface area contributed by atoms with Gasteiger partial charge in [-0.3, -0.25) is 4.79 Å². The standard InChI is InChI=1S/C25H28FN3O2S/c1-17(19-10-12-21(26)13-11-19)28-24(30)18(2)32-25-27-15-23(20-7-4-3-5-8-20)29(25)16-22-9-6-14-31-22/h3-5,7-8,10-13,15,17-18,22H,6,9,14,16H2,1-2H3,(H,28,30)/t17-,18-,22+/m0/s1. The number of amides is 1. The Hall–Kier alpha value is -2.64. The zero-order chi connectivity index (χ0) is 22.5. The Labute approximate surface area is 192 Å². The summed E-state index contributed by atoms with van der Waals surface area (Å²) in [4.78, 5) is 17.5. The van der Waals surface area contributed by atoms with Crippen molar-refractivity contribution in [1.29, 1.82) is 0 Å². The molecule has 1 amide bonds. The van der Waals surface area contributed by atoms with Crippen molar-refractivity contribution in [2.24, 2.45) is 0 Å². The lowest BCUT2D eigenvalue weighted by atomic mass is 10.1. The van der Waals surface area contributed by atoms with Crippen LogP contribution in [0.4, 0.5) is 4.39 Å². The third-order valence-corrected chi connectivity index (χ3v) is 6.78. The maximum absolute atomic E-state index is 13.2. The number of aromatic nitrogens is 2. The molecule has 5 nitrogen and oxygen atoms in total. The Bertz CT molecular complexity index is 1030. The fourth-order valence-electron chi connectivity index (χ4n) is 3.84. The molecule has 1 aliphatic heterocycles. The molecule has 1 aliphatic rings. The second-order valence-corrected chi connectivity index (χ2v) is 9.39. The van der Waals surface area contributed by atoms with Crippen molar-refractivity contribution in [2.75, 3.05) is 6.61 Å². The van der Waals surface area contributed by atoms with E-state index in [0.29, 0.717) is 6.54 Å². The smallest absolute Gasteiger partial charge is 0.233 e. The summed E-state index contributed by atoms with van der Waals surface area (Å²) in [5.74, 6) is -0.372. The molecule has 2 heterocycles. The molecule has 0 saturated carbocycles. The van der Waals surface area contributed by atoms with E-state index in [0.717, 1.165) is 41.4 Å². The number of halogens is 1. The Morgan fingerprint density at radius 3 is 2.66 bits per heavy atom. The van der Waals surface area contributed by atoms with Crippen LogP contribution >= 0.6 is 11.8 Å². The van der Waals surface area contributed by atoms with E-state index in [9.17, 15) is 9.18 Å². The minimum absolute atomic E-state index is 0.0836. The van der Waals surface area contributed by atoms with Gasteiger partial charge in [0.2, 0.25) is 5.91 Å². The summed E-state index contributed by atoms with van der Waals surface area (Å²) < 4.78 is 21.2. The predicted molar refractivity (Wildman–Crippen MR) is 125 cm³/mol. The third kappa shape index (κ3) is 5.40. The van der Waals surface area contributed by atoms with Gasteiger partial charge in [-0.1, -0.05) is 54.2 Å². The van der Waals surface area contributed by atoms with Crippen LogP contribution in [-0.2, 0) is 16.1 Å². The summed E-state index contributed by atoms with van der Waals surface area (Å²) in [5.41, 5.74) is 2.98. The van der Waals surface area contributed by atoms with Crippen LogP contribution in [0.15, 0.2) is 66.0 Å². The van der Waals surface area contributed by atoms with Gasteiger partial charge in [0.1, 0.15) is 5.82 Å². The van der Waals surface area contributed by atoms with Gasteiger partial charge in [-0.05, 0) is 49.9 Å². The van der Waals surface area contributed by atoms with Crippen LogP contribution in [0.2, 0.25) is 0 Å². The molecule has 0 spiro atoms. The summed E-state index contributed by atoms with van der Waals surface area (Å²) in [7, 11) is 0. The summed E-state index contributed by atoms with van der Waals surface area (Å²) in [6.07, 6.45) is 4.14. The van der Waals surface area contributed by atoms with Gasteiger partial charge in [-0.15, -0.1) is 0 Å². The minimum atomic E-state index is -0.341. The molecular weight excluding hydrogens is 425 g/mol. The van der Waals surface area contributed by atoms with E-state index in [1.54, 1.807) is 12.1 Å². The Kier molecular flexibility index (Phi) is 7.27. The van der Waals surface area contributed by atoms with Crippen LogP contribution < -0.4 is 5.32 Å². The van der Waals surface area contributed by atoms with Crippen LogP contribution in [-0.4, -0.2) is 33.4 Å². The minimum Gasteiger partial charge on any atom is -0.376 e. The van der Waals surface area contributed by atoms with Crippen molar-refractivity contribution in [3.63, 3.8) is 0 Å². The Morgan fingerprint density at radius 2 is 1.97 bits per heavy atom. The summed E-state index contributed by atoms with van der Waals surface area (Å²) in [5, 5.41) is 3.48. The van der Waals surface area contributed by atoms with Crippen molar-refractivity contribution in [2.45, 2.75) is 55.8 Å². The molecule has 1 fully saturated rings. The monoisotopic (exact) mass is 453 g/mol. The molecule has 2 aromatic carbocycles. The molecule has 0 radical (unpaired) electrons. The van der Waals surface area contributed by atoms with Crippen molar-refractivity contribution in [1.82, 2.24) is 14.9 Å². The van der Waals surface area contributed by atoms with Crippen LogP contribution in [0.3, 0.4) is 0 Å². The van der Waals surface area contributed by atoms with Crippen molar-refractivity contribution >= 4 is 17.7 Å². The average molecular weight is 454 g/mol. The highest BCUT2D eigenvalue weighted by Crippen LogP contribution is 2.30.